The molecule has 1 aromatic carbocycles. The number of carbonyl (C=O) groups is 1. The molecule has 2 rings (SSSR count). The molecule has 2 unspecified atom stereocenters. The third kappa shape index (κ3) is 4.29. The average molecular weight is 291 g/mol. The highest BCUT2D eigenvalue weighted by Gasteiger charge is 2.25. The molecule has 21 heavy (non-hydrogen) atoms. The molecular formula is C17H25NO3. The van der Waals surface area contributed by atoms with Crippen LogP contribution in [-0.4, -0.2) is 28.3 Å². The van der Waals surface area contributed by atoms with E-state index >= 15 is 0 Å². The van der Waals surface area contributed by atoms with Crippen molar-refractivity contribution in [2.24, 2.45) is 0 Å². The van der Waals surface area contributed by atoms with Crippen LogP contribution in [0.4, 0.5) is 0 Å². The van der Waals surface area contributed by atoms with Crippen molar-refractivity contribution in [3.8, 4) is 0 Å². The van der Waals surface area contributed by atoms with Crippen LogP contribution >= 0.6 is 0 Å². The van der Waals surface area contributed by atoms with E-state index < -0.39 is 18.1 Å². The lowest BCUT2D eigenvalue weighted by molar-refractivity contribution is -0.138. The van der Waals surface area contributed by atoms with Gasteiger partial charge in [-0.25, -0.2) is 0 Å². The van der Waals surface area contributed by atoms with E-state index in [4.69, 9.17) is 5.11 Å². The zero-order valence-electron chi connectivity index (χ0n) is 12.8. The summed E-state index contributed by atoms with van der Waals surface area (Å²) in [6.45, 7) is 3.91. The zero-order valence-corrected chi connectivity index (χ0v) is 12.8. The number of hydrogen-bond donors (Lipinski definition) is 3. The number of fused-ring (bicyclic) bond motifs is 1. The molecule has 0 amide bonds. The molecule has 0 saturated heterocycles. The summed E-state index contributed by atoms with van der Waals surface area (Å²) < 4.78 is 0. The van der Waals surface area contributed by atoms with E-state index in [2.05, 4.69) is 17.4 Å². The average Bonchev–Trinajstić information content (AvgIpc) is 2.44. The van der Waals surface area contributed by atoms with Gasteiger partial charge >= 0.3 is 5.97 Å². The molecule has 1 aromatic rings. The number of carboxylic acids is 1. The van der Waals surface area contributed by atoms with Gasteiger partial charge in [-0.05, 0) is 42.4 Å². The SMILES string of the molecule is CC(C)NC(CC(=O)O)C(O)c1ccc2c(c1)CCCC2. The molecule has 4 nitrogen and oxygen atoms in total. The van der Waals surface area contributed by atoms with Crippen molar-refractivity contribution in [1.82, 2.24) is 5.32 Å². The van der Waals surface area contributed by atoms with Crippen molar-refractivity contribution in [3.05, 3.63) is 34.9 Å². The van der Waals surface area contributed by atoms with Gasteiger partial charge in [0.25, 0.3) is 0 Å². The van der Waals surface area contributed by atoms with Gasteiger partial charge in [0.15, 0.2) is 0 Å². The summed E-state index contributed by atoms with van der Waals surface area (Å²) in [5, 5.41) is 22.7. The van der Waals surface area contributed by atoms with E-state index in [0.29, 0.717) is 0 Å². The van der Waals surface area contributed by atoms with Gasteiger partial charge in [-0.15, -0.1) is 0 Å². The van der Waals surface area contributed by atoms with Crippen molar-refractivity contribution >= 4 is 5.97 Å². The van der Waals surface area contributed by atoms with Crippen molar-refractivity contribution in [2.45, 2.75) is 64.1 Å². The minimum atomic E-state index is -0.898. The van der Waals surface area contributed by atoms with Crippen LogP contribution < -0.4 is 5.32 Å². The van der Waals surface area contributed by atoms with Crippen LogP contribution in [0.2, 0.25) is 0 Å². The van der Waals surface area contributed by atoms with Crippen molar-refractivity contribution < 1.29 is 15.0 Å². The van der Waals surface area contributed by atoms with E-state index in [1.807, 2.05) is 19.9 Å². The van der Waals surface area contributed by atoms with Gasteiger partial charge in [-0.1, -0.05) is 32.0 Å². The second kappa shape index (κ2) is 7.05. The van der Waals surface area contributed by atoms with Gasteiger partial charge in [0.2, 0.25) is 0 Å². The first-order valence-electron chi connectivity index (χ1n) is 7.75. The molecule has 0 bridgehead atoms. The molecule has 0 radical (unpaired) electrons. The summed E-state index contributed by atoms with van der Waals surface area (Å²) in [6, 6.07) is 5.73. The molecule has 2 atom stereocenters. The van der Waals surface area contributed by atoms with Crippen LogP contribution in [0.5, 0.6) is 0 Å². The molecule has 0 spiro atoms. The molecule has 3 N–H and O–H groups in total. The summed E-state index contributed by atoms with van der Waals surface area (Å²) in [7, 11) is 0. The third-order valence-electron chi connectivity index (χ3n) is 4.04. The Kier molecular flexibility index (Phi) is 5.37. The standard InChI is InChI=1S/C17H25NO3/c1-11(2)18-15(10-16(19)20)17(21)14-8-7-12-5-3-4-6-13(12)9-14/h7-9,11,15,17-18,21H,3-6,10H2,1-2H3,(H,19,20). The van der Waals surface area contributed by atoms with Crippen LogP contribution in [0.1, 0.15) is 55.9 Å². The number of aryl methyl sites for hydroxylation is 2. The Morgan fingerprint density at radius 2 is 1.90 bits per heavy atom. The number of carboxylic acid groups (broad SMARTS) is 1. The van der Waals surface area contributed by atoms with E-state index in [9.17, 15) is 9.90 Å². The highest BCUT2D eigenvalue weighted by atomic mass is 16.4. The number of hydrogen-bond acceptors (Lipinski definition) is 3. The van der Waals surface area contributed by atoms with Gasteiger partial charge in [0, 0.05) is 12.1 Å². The smallest absolute Gasteiger partial charge is 0.305 e. The normalized spacial score (nSPS) is 17.3. The first kappa shape index (κ1) is 16.0. The lowest BCUT2D eigenvalue weighted by Gasteiger charge is -2.26. The summed E-state index contributed by atoms with van der Waals surface area (Å²) in [5.74, 6) is -0.898. The number of aliphatic carboxylic acids is 1. The van der Waals surface area contributed by atoms with E-state index in [0.717, 1.165) is 18.4 Å². The van der Waals surface area contributed by atoms with Gasteiger partial charge in [-0.2, -0.15) is 0 Å². The van der Waals surface area contributed by atoms with E-state index in [1.165, 1.54) is 24.0 Å². The number of nitrogens with one attached hydrogen (secondary N) is 1. The summed E-state index contributed by atoms with van der Waals surface area (Å²) in [6.07, 6.45) is 3.69. The monoisotopic (exact) mass is 291 g/mol. The molecule has 0 fully saturated rings. The predicted molar refractivity (Wildman–Crippen MR) is 82.4 cm³/mol. The number of aliphatic hydroxyl groups excluding tert-OH is 1. The molecule has 0 heterocycles. The minimum absolute atomic E-state index is 0.0869. The number of aliphatic hydroxyl groups is 1. The predicted octanol–water partition coefficient (Wildman–Crippen LogP) is 2.44. The Morgan fingerprint density at radius 1 is 1.24 bits per heavy atom. The summed E-state index contributed by atoms with van der Waals surface area (Å²) in [4.78, 5) is 11.0. The van der Waals surface area contributed by atoms with Crippen molar-refractivity contribution in [2.75, 3.05) is 0 Å². The number of rotatable bonds is 6. The summed E-state index contributed by atoms with van der Waals surface area (Å²) >= 11 is 0. The Morgan fingerprint density at radius 3 is 2.52 bits per heavy atom. The molecule has 1 aliphatic rings. The first-order chi connectivity index (χ1) is 9.97. The minimum Gasteiger partial charge on any atom is -0.481 e. The largest absolute Gasteiger partial charge is 0.481 e. The summed E-state index contributed by atoms with van der Waals surface area (Å²) in [5.41, 5.74) is 3.48. The lowest BCUT2D eigenvalue weighted by atomic mass is 9.88. The fourth-order valence-corrected chi connectivity index (χ4v) is 3.05. The molecule has 1 aliphatic carbocycles. The maximum atomic E-state index is 11.0. The fourth-order valence-electron chi connectivity index (χ4n) is 3.05. The van der Waals surface area contributed by atoms with Crippen LogP contribution in [0.15, 0.2) is 18.2 Å². The quantitative estimate of drug-likeness (QED) is 0.753. The Labute approximate surface area is 126 Å². The number of benzene rings is 1. The topological polar surface area (TPSA) is 69.6 Å². The van der Waals surface area contributed by atoms with Crippen molar-refractivity contribution in [1.29, 1.82) is 0 Å². The second-order valence-corrected chi connectivity index (χ2v) is 6.21. The second-order valence-electron chi connectivity index (χ2n) is 6.21. The van der Waals surface area contributed by atoms with E-state index in [1.54, 1.807) is 0 Å². The van der Waals surface area contributed by atoms with Crippen LogP contribution in [0.3, 0.4) is 0 Å². The molecule has 116 valence electrons. The first-order valence-corrected chi connectivity index (χ1v) is 7.75. The highest BCUT2D eigenvalue weighted by molar-refractivity contribution is 5.67. The molecule has 0 saturated carbocycles. The van der Waals surface area contributed by atoms with E-state index in [-0.39, 0.29) is 12.5 Å². The van der Waals surface area contributed by atoms with Gasteiger partial charge in [0.05, 0.1) is 12.5 Å². The Bertz CT molecular complexity index is 499. The zero-order chi connectivity index (χ0) is 15.4. The highest BCUT2D eigenvalue weighted by Crippen LogP contribution is 2.27. The fraction of sp³-hybridized carbons (Fsp3) is 0.588. The van der Waals surface area contributed by atoms with Crippen LogP contribution in [0, 0.1) is 0 Å². The molecule has 0 aliphatic heterocycles. The third-order valence-corrected chi connectivity index (χ3v) is 4.04. The van der Waals surface area contributed by atoms with Gasteiger partial charge < -0.3 is 15.5 Å². The lowest BCUT2D eigenvalue weighted by Crippen LogP contribution is -2.41. The van der Waals surface area contributed by atoms with Crippen molar-refractivity contribution in [3.63, 3.8) is 0 Å². The van der Waals surface area contributed by atoms with Gasteiger partial charge in [0.1, 0.15) is 0 Å². The molecular weight excluding hydrogens is 266 g/mol. The Hall–Kier alpha value is -1.39. The van der Waals surface area contributed by atoms with Gasteiger partial charge in [-0.3, -0.25) is 4.79 Å². The maximum Gasteiger partial charge on any atom is 0.305 e. The molecule has 4 heteroatoms. The maximum absolute atomic E-state index is 11.0. The Balaban J connectivity index is 2.18. The van der Waals surface area contributed by atoms with Crippen LogP contribution in [0.25, 0.3) is 0 Å². The van der Waals surface area contributed by atoms with Crippen LogP contribution in [-0.2, 0) is 17.6 Å². The molecule has 0 aromatic heterocycles.